The Morgan fingerprint density at radius 1 is 1.19 bits per heavy atom. The molecule has 1 heterocycles. The van der Waals surface area contributed by atoms with Gasteiger partial charge in [-0.25, -0.2) is 13.7 Å². The molecule has 0 radical (unpaired) electrons. The maximum absolute atomic E-state index is 13.4. The average Bonchev–Trinajstić information content (AvgIpc) is 3.22. The summed E-state index contributed by atoms with van der Waals surface area (Å²) in [5.74, 6) is -0.988. The molecule has 1 unspecified atom stereocenters. The van der Waals surface area contributed by atoms with Crippen molar-refractivity contribution in [2.45, 2.75) is 4.90 Å². The molecule has 0 spiro atoms. The van der Waals surface area contributed by atoms with Gasteiger partial charge < -0.3 is 14.3 Å². The first-order chi connectivity index (χ1) is 13.0. The number of furan rings is 1. The lowest BCUT2D eigenvalue weighted by atomic mass is 9.99. The Balaban J connectivity index is 2.28. The van der Waals surface area contributed by atoms with E-state index in [9.17, 15) is 14.1 Å². The zero-order valence-electron chi connectivity index (χ0n) is 14.8. The molecule has 0 saturated heterocycles. The third kappa shape index (κ3) is 3.60. The summed E-state index contributed by atoms with van der Waals surface area (Å²) in [6.45, 7) is 0. The van der Waals surface area contributed by atoms with Gasteiger partial charge in [-0.05, 0) is 31.3 Å². The molecule has 2 N–H and O–H groups in total. The fourth-order valence-electron chi connectivity index (χ4n) is 2.82. The maximum atomic E-state index is 13.4. The van der Waals surface area contributed by atoms with Crippen LogP contribution in [0, 0.1) is 0 Å². The zero-order valence-corrected chi connectivity index (χ0v) is 15.7. The first kappa shape index (κ1) is 18.8. The van der Waals surface area contributed by atoms with Gasteiger partial charge in [0.05, 0.1) is 29.3 Å². The number of carboxylic acids is 1. The number of methoxy groups -OCH3 is 1. The molecule has 0 fully saturated rings. The van der Waals surface area contributed by atoms with Crippen molar-refractivity contribution in [3.05, 3.63) is 72.2 Å². The van der Waals surface area contributed by atoms with Gasteiger partial charge in [-0.1, -0.05) is 24.3 Å². The van der Waals surface area contributed by atoms with Crippen LogP contribution in [0.1, 0.15) is 15.9 Å². The molecule has 0 amide bonds. The summed E-state index contributed by atoms with van der Waals surface area (Å²) in [6.07, 6.45) is 3.01. The molecule has 27 heavy (non-hydrogen) atoms. The number of rotatable bonds is 6. The molecule has 0 aliphatic rings. The van der Waals surface area contributed by atoms with Crippen LogP contribution in [0.25, 0.3) is 11.1 Å². The van der Waals surface area contributed by atoms with Crippen LogP contribution in [0.5, 0.6) is 5.75 Å². The number of aromatic carboxylic acids is 1. The van der Waals surface area contributed by atoms with E-state index in [1.54, 1.807) is 49.5 Å². The molecule has 0 bridgehead atoms. The second kappa shape index (κ2) is 7.69. The van der Waals surface area contributed by atoms with Crippen molar-refractivity contribution >= 4 is 21.0 Å². The van der Waals surface area contributed by atoms with Gasteiger partial charge in [0.15, 0.2) is 0 Å². The summed E-state index contributed by atoms with van der Waals surface area (Å²) >= 11 is 0. The summed E-state index contributed by atoms with van der Waals surface area (Å²) < 4.78 is 26.7. The molecule has 7 heteroatoms. The largest absolute Gasteiger partial charge is 0.495 e. The minimum Gasteiger partial charge on any atom is -0.495 e. The van der Waals surface area contributed by atoms with E-state index in [4.69, 9.17) is 9.15 Å². The van der Waals surface area contributed by atoms with E-state index in [0.29, 0.717) is 21.6 Å². The normalized spacial score (nSPS) is 13.0. The van der Waals surface area contributed by atoms with Gasteiger partial charge in [0.1, 0.15) is 11.3 Å². The van der Waals surface area contributed by atoms with Crippen molar-refractivity contribution < 1.29 is 23.3 Å². The highest BCUT2D eigenvalue weighted by Gasteiger charge is 2.22. The molecular weight excluding hydrogens is 366 g/mol. The second-order valence-corrected chi connectivity index (χ2v) is 7.98. The van der Waals surface area contributed by atoms with E-state index in [1.165, 1.54) is 25.0 Å². The van der Waals surface area contributed by atoms with Crippen molar-refractivity contribution in [2.24, 2.45) is 0 Å². The zero-order chi connectivity index (χ0) is 19.4. The predicted octanol–water partition coefficient (Wildman–Crippen LogP) is 3.28. The van der Waals surface area contributed by atoms with Crippen LogP contribution in [-0.4, -0.2) is 34.8 Å². The summed E-state index contributed by atoms with van der Waals surface area (Å²) in [6, 6.07) is 13.9. The Morgan fingerprint density at radius 2 is 1.93 bits per heavy atom. The quantitative estimate of drug-likeness (QED) is 0.636. The number of nitrogens with one attached hydrogen (secondary N) is 1. The Hall–Kier alpha value is -3.03. The van der Waals surface area contributed by atoms with E-state index in [-0.39, 0.29) is 11.3 Å². The fraction of sp³-hybridized carbons (Fsp3) is 0.100. The highest BCUT2D eigenvalue weighted by atomic mass is 32.2. The van der Waals surface area contributed by atoms with Gasteiger partial charge in [0, 0.05) is 27.0 Å². The van der Waals surface area contributed by atoms with Crippen molar-refractivity contribution in [1.82, 2.24) is 4.72 Å². The second-order valence-electron chi connectivity index (χ2n) is 5.66. The van der Waals surface area contributed by atoms with E-state index in [1.807, 2.05) is 6.07 Å². The van der Waals surface area contributed by atoms with Crippen molar-refractivity contribution in [3.63, 3.8) is 0 Å². The number of hydrogen-bond donors (Lipinski definition) is 2. The molecular formula is C20H19NO5S. The van der Waals surface area contributed by atoms with Gasteiger partial charge in [-0.3, -0.25) is 0 Å². The van der Waals surface area contributed by atoms with Gasteiger partial charge in [0.25, 0.3) is 0 Å². The standard InChI is InChI=1S/C20H19NO5S/c1-21-27(24,16-6-4-3-5-7-16)13-15-8-9-17(14-10-11-26-12-14)19(25-2)18(15)20(22)23/h3-13H,1-2H3,(H,21,24)(H,22,23). The SMILES string of the molecule is CNS(=O)(=Cc1ccc(-c2ccoc2)c(OC)c1C(=O)O)c1ccccc1. The number of carbonyl (C=O) groups is 1. The number of benzene rings is 2. The molecule has 3 rings (SSSR count). The number of hydrogen-bond acceptors (Lipinski definition) is 4. The molecule has 0 aliphatic heterocycles. The third-order valence-electron chi connectivity index (χ3n) is 4.13. The Morgan fingerprint density at radius 3 is 2.48 bits per heavy atom. The van der Waals surface area contributed by atoms with Crippen molar-refractivity contribution in [3.8, 4) is 16.9 Å². The maximum Gasteiger partial charge on any atom is 0.340 e. The Bertz CT molecular complexity index is 1070. The minimum atomic E-state index is -2.82. The molecule has 0 aliphatic carbocycles. The Kier molecular flexibility index (Phi) is 5.34. The summed E-state index contributed by atoms with van der Waals surface area (Å²) in [5.41, 5.74) is 1.51. The van der Waals surface area contributed by atoms with Crippen LogP contribution in [0.3, 0.4) is 0 Å². The minimum absolute atomic E-state index is 0.0601. The summed E-state index contributed by atoms with van der Waals surface area (Å²) in [5, 5.41) is 11.2. The first-order valence-electron chi connectivity index (χ1n) is 8.09. The predicted molar refractivity (Wildman–Crippen MR) is 105 cm³/mol. The number of ether oxygens (including phenoxy) is 1. The molecule has 1 atom stereocenters. The molecule has 3 aromatic rings. The molecule has 6 nitrogen and oxygen atoms in total. The summed E-state index contributed by atoms with van der Waals surface area (Å²) in [7, 11) is 0.158. The molecule has 0 saturated carbocycles. The van der Waals surface area contributed by atoms with Crippen LogP contribution in [0.2, 0.25) is 0 Å². The number of carboxylic acid groups (broad SMARTS) is 1. The average molecular weight is 385 g/mol. The van der Waals surface area contributed by atoms with Crippen LogP contribution >= 0.6 is 0 Å². The molecule has 140 valence electrons. The third-order valence-corrected chi connectivity index (χ3v) is 6.29. The van der Waals surface area contributed by atoms with Gasteiger partial charge in [-0.15, -0.1) is 0 Å². The molecule has 2 aromatic carbocycles. The summed E-state index contributed by atoms with van der Waals surface area (Å²) in [4.78, 5) is 12.6. The smallest absolute Gasteiger partial charge is 0.340 e. The molecule has 1 aromatic heterocycles. The van der Waals surface area contributed by atoms with Crippen LogP contribution in [0.4, 0.5) is 0 Å². The lowest BCUT2D eigenvalue weighted by Gasteiger charge is -2.15. The van der Waals surface area contributed by atoms with Crippen LogP contribution in [0.15, 0.2) is 70.4 Å². The lowest BCUT2D eigenvalue weighted by Crippen LogP contribution is -2.22. The monoisotopic (exact) mass is 385 g/mol. The van der Waals surface area contributed by atoms with E-state index < -0.39 is 15.7 Å². The van der Waals surface area contributed by atoms with Crippen LogP contribution < -0.4 is 9.46 Å². The Labute approximate surface area is 157 Å². The highest BCUT2D eigenvalue weighted by Crippen LogP contribution is 2.35. The van der Waals surface area contributed by atoms with E-state index in [0.717, 1.165) is 0 Å². The topological polar surface area (TPSA) is 88.8 Å². The lowest BCUT2D eigenvalue weighted by molar-refractivity contribution is 0.0693. The first-order valence-corrected chi connectivity index (χ1v) is 9.71. The highest BCUT2D eigenvalue weighted by molar-refractivity contribution is 7.99. The van der Waals surface area contributed by atoms with Crippen molar-refractivity contribution in [2.75, 3.05) is 14.2 Å². The van der Waals surface area contributed by atoms with Gasteiger partial charge >= 0.3 is 5.97 Å². The van der Waals surface area contributed by atoms with Crippen molar-refractivity contribution in [1.29, 1.82) is 0 Å². The fourth-order valence-corrected chi connectivity index (χ4v) is 4.43. The van der Waals surface area contributed by atoms with Gasteiger partial charge in [0.2, 0.25) is 0 Å². The van der Waals surface area contributed by atoms with E-state index in [2.05, 4.69) is 4.72 Å². The van der Waals surface area contributed by atoms with Crippen LogP contribution in [-0.2, 0) is 9.71 Å². The van der Waals surface area contributed by atoms with E-state index >= 15 is 0 Å². The van der Waals surface area contributed by atoms with Gasteiger partial charge in [-0.2, -0.15) is 0 Å².